The summed E-state index contributed by atoms with van der Waals surface area (Å²) < 4.78 is 0. The number of aliphatic hydroxyl groups excluding tert-OH is 1. The minimum absolute atomic E-state index is 0.361. The lowest BCUT2D eigenvalue weighted by atomic mass is 9.84. The summed E-state index contributed by atoms with van der Waals surface area (Å²) in [7, 11) is 0. The molecule has 0 spiro atoms. The topological polar surface area (TPSA) is 35.5 Å². The van der Waals surface area contributed by atoms with Gasteiger partial charge in [0.2, 0.25) is 0 Å². The molecule has 0 aromatic rings. The minimum atomic E-state index is 0.361. The fraction of sp³-hybridized carbons (Fsp3) is 1.00. The summed E-state index contributed by atoms with van der Waals surface area (Å²) in [5.74, 6) is 1.73. The van der Waals surface area contributed by atoms with Crippen LogP contribution in [0.3, 0.4) is 0 Å². The highest BCUT2D eigenvalue weighted by Crippen LogP contribution is 2.31. The smallest absolute Gasteiger partial charge is 0.0431 e. The number of hydrogen-bond donors (Lipinski definition) is 2. The largest absolute Gasteiger partial charge is 0.396 e. The number of aliphatic hydroxyl groups is 1. The average molecular weight is 309 g/mol. The van der Waals surface area contributed by atoms with Crippen LogP contribution in [0.5, 0.6) is 0 Å². The second-order valence-electron chi connectivity index (χ2n) is 8.12. The van der Waals surface area contributed by atoms with Gasteiger partial charge in [-0.05, 0) is 63.3 Å². The van der Waals surface area contributed by atoms with Crippen LogP contribution >= 0.6 is 0 Å². The zero-order chi connectivity index (χ0) is 15.2. The maximum absolute atomic E-state index is 9.14. The Balaban J connectivity index is 1.47. The molecule has 2 saturated carbocycles. The van der Waals surface area contributed by atoms with Crippen LogP contribution in [0.15, 0.2) is 0 Å². The van der Waals surface area contributed by atoms with Crippen LogP contribution in [0, 0.1) is 11.8 Å². The number of nitrogens with zero attached hydrogens (tertiary/aromatic N) is 1. The summed E-state index contributed by atoms with van der Waals surface area (Å²) in [6.07, 6.45) is 15.0. The van der Waals surface area contributed by atoms with Gasteiger partial charge in [0.15, 0.2) is 0 Å². The molecular formula is C19H36N2O. The zero-order valence-electron chi connectivity index (χ0n) is 14.3. The second-order valence-corrected chi connectivity index (χ2v) is 8.12. The van der Waals surface area contributed by atoms with E-state index in [4.69, 9.17) is 5.11 Å². The Morgan fingerprint density at radius 2 is 1.73 bits per heavy atom. The number of piperidine rings is 1. The molecule has 0 bridgehead atoms. The predicted octanol–water partition coefficient (Wildman–Crippen LogP) is 3.17. The van der Waals surface area contributed by atoms with Gasteiger partial charge in [-0.25, -0.2) is 0 Å². The van der Waals surface area contributed by atoms with E-state index >= 15 is 0 Å². The summed E-state index contributed by atoms with van der Waals surface area (Å²) in [6.45, 7) is 4.16. The molecule has 1 heterocycles. The molecule has 3 fully saturated rings. The summed E-state index contributed by atoms with van der Waals surface area (Å²) >= 11 is 0. The molecular weight excluding hydrogens is 272 g/mol. The molecule has 3 heteroatoms. The summed E-state index contributed by atoms with van der Waals surface area (Å²) in [5.41, 5.74) is 0. The Bertz CT molecular complexity index is 313. The van der Waals surface area contributed by atoms with Gasteiger partial charge in [-0.2, -0.15) is 0 Å². The van der Waals surface area contributed by atoms with Crippen LogP contribution in [-0.4, -0.2) is 48.3 Å². The van der Waals surface area contributed by atoms with Crippen molar-refractivity contribution < 1.29 is 5.11 Å². The lowest BCUT2D eigenvalue weighted by Gasteiger charge is -2.46. The van der Waals surface area contributed by atoms with E-state index < -0.39 is 0 Å². The maximum Gasteiger partial charge on any atom is 0.0431 e. The van der Waals surface area contributed by atoms with Gasteiger partial charge in [0.05, 0.1) is 0 Å². The molecule has 128 valence electrons. The highest BCUT2D eigenvalue weighted by Gasteiger charge is 2.33. The van der Waals surface area contributed by atoms with E-state index in [1.165, 1.54) is 83.8 Å². The van der Waals surface area contributed by atoms with E-state index in [0.29, 0.717) is 12.6 Å². The first-order valence-electron chi connectivity index (χ1n) is 9.93. The van der Waals surface area contributed by atoms with Crippen LogP contribution in [0.1, 0.15) is 70.6 Å². The molecule has 3 nitrogen and oxygen atoms in total. The third-order valence-corrected chi connectivity index (χ3v) is 6.35. The number of hydrogen-bond acceptors (Lipinski definition) is 3. The van der Waals surface area contributed by atoms with E-state index in [1.807, 2.05) is 0 Å². The molecule has 3 rings (SSSR count). The van der Waals surface area contributed by atoms with Crippen molar-refractivity contribution in [2.75, 3.05) is 26.2 Å². The van der Waals surface area contributed by atoms with Gasteiger partial charge in [-0.3, -0.25) is 4.90 Å². The minimum Gasteiger partial charge on any atom is -0.396 e. The summed E-state index contributed by atoms with van der Waals surface area (Å²) in [5, 5.41) is 13.1. The molecule has 0 radical (unpaired) electrons. The molecule has 3 aliphatic rings. The van der Waals surface area contributed by atoms with Gasteiger partial charge in [-0.1, -0.05) is 25.7 Å². The van der Waals surface area contributed by atoms with Crippen LogP contribution in [0.4, 0.5) is 0 Å². The molecule has 0 amide bonds. The third-order valence-electron chi connectivity index (χ3n) is 6.35. The van der Waals surface area contributed by atoms with Gasteiger partial charge in [0.1, 0.15) is 0 Å². The van der Waals surface area contributed by atoms with E-state index in [-0.39, 0.29) is 0 Å². The van der Waals surface area contributed by atoms with E-state index in [9.17, 15) is 0 Å². The van der Waals surface area contributed by atoms with Gasteiger partial charge in [-0.15, -0.1) is 0 Å². The van der Waals surface area contributed by atoms with Crippen molar-refractivity contribution in [1.29, 1.82) is 0 Å². The van der Waals surface area contributed by atoms with Gasteiger partial charge in [0, 0.05) is 31.8 Å². The molecule has 1 aliphatic heterocycles. The van der Waals surface area contributed by atoms with Crippen molar-refractivity contribution in [3.63, 3.8) is 0 Å². The molecule has 22 heavy (non-hydrogen) atoms. The first kappa shape index (κ1) is 16.7. The SMILES string of the molecule is OCCCC1CC(NCC2CCCCC2)CN(C2CCC2)C1. The highest BCUT2D eigenvalue weighted by molar-refractivity contribution is 4.90. The molecule has 2 N–H and O–H groups in total. The van der Waals surface area contributed by atoms with Crippen molar-refractivity contribution in [3.8, 4) is 0 Å². The molecule has 2 aliphatic carbocycles. The Kier molecular flexibility index (Phi) is 6.58. The quantitative estimate of drug-likeness (QED) is 0.758. The first-order valence-corrected chi connectivity index (χ1v) is 9.93. The molecule has 2 atom stereocenters. The lowest BCUT2D eigenvalue weighted by Crippen LogP contribution is -2.54. The van der Waals surface area contributed by atoms with Gasteiger partial charge in [0.25, 0.3) is 0 Å². The van der Waals surface area contributed by atoms with Crippen molar-refractivity contribution >= 4 is 0 Å². The summed E-state index contributed by atoms with van der Waals surface area (Å²) in [6, 6.07) is 1.57. The third kappa shape index (κ3) is 4.69. The van der Waals surface area contributed by atoms with Crippen LogP contribution in [0.2, 0.25) is 0 Å². The highest BCUT2D eigenvalue weighted by atomic mass is 16.2. The zero-order valence-corrected chi connectivity index (χ0v) is 14.3. The molecule has 0 aromatic carbocycles. The lowest BCUT2D eigenvalue weighted by molar-refractivity contribution is 0.0528. The Morgan fingerprint density at radius 1 is 0.909 bits per heavy atom. The molecule has 1 saturated heterocycles. The standard InChI is InChI=1S/C19H36N2O/c22-11-5-8-17-12-18(15-21(14-17)19-9-4-10-19)20-13-16-6-2-1-3-7-16/h16-20,22H,1-15H2. The van der Waals surface area contributed by atoms with Crippen LogP contribution in [-0.2, 0) is 0 Å². The van der Waals surface area contributed by atoms with Crippen molar-refractivity contribution in [2.45, 2.75) is 82.7 Å². The normalized spacial score (nSPS) is 32.0. The van der Waals surface area contributed by atoms with Crippen molar-refractivity contribution in [2.24, 2.45) is 11.8 Å². The predicted molar refractivity (Wildman–Crippen MR) is 92.0 cm³/mol. The molecule has 2 unspecified atom stereocenters. The van der Waals surface area contributed by atoms with Gasteiger partial charge >= 0.3 is 0 Å². The molecule has 0 aromatic heterocycles. The Hall–Kier alpha value is -0.120. The Morgan fingerprint density at radius 3 is 2.41 bits per heavy atom. The van der Waals surface area contributed by atoms with Crippen molar-refractivity contribution in [3.05, 3.63) is 0 Å². The monoisotopic (exact) mass is 308 g/mol. The van der Waals surface area contributed by atoms with Gasteiger partial charge < -0.3 is 10.4 Å². The fourth-order valence-electron chi connectivity index (χ4n) is 4.75. The average Bonchev–Trinajstić information content (AvgIpc) is 2.50. The number of likely N-dealkylation sites (tertiary alicyclic amines) is 1. The van der Waals surface area contributed by atoms with Crippen LogP contribution in [0.25, 0.3) is 0 Å². The maximum atomic E-state index is 9.14. The van der Waals surface area contributed by atoms with E-state index in [2.05, 4.69) is 10.2 Å². The first-order chi connectivity index (χ1) is 10.8. The van der Waals surface area contributed by atoms with Crippen LogP contribution < -0.4 is 5.32 Å². The second kappa shape index (κ2) is 8.65. The van der Waals surface area contributed by atoms with E-state index in [0.717, 1.165) is 24.3 Å². The summed E-state index contributed by atoms with van der Waals surface area (Å²) in [4.78, 5) is 2.77. The number of rotatable bonds is 7. The van der Waals surface area contributed by atoms with Crippen molar-refractivity contribution in [1.82, 2.24) is 10.2 Å². The Labute approximate surface area is 136 Å². The fourth-order valence-corrected chi connectivity index (χ4v) is 4.75. The number of nitrogens with one attached hydrogen (secondary N) is 1. The van der Waals surface area contributed by atoms with E-state index in [1.54, 1.807) is 0 Å².